The van der Waals surface area contributed by atoms with Crippen LogP contribution >= 0.6 is 11.6 Å². The maximum absolute atomic E-state index is 12.9. The Morgan fingerprint density at radius 2 is 1.85 bits per heavy atom. The number of urea groups is 1. The molecule has 0 aromatic heterocycles. The Hall–Kier alpha value is -2.81. The number of anilines is 1. The van der Waals surface area contributed by atoms with Crippen LogP contribution in [0.5, 0.6) is 5.75 Å². The van der Waals surface area contributed by atoms with Crippen molar-refractivity contribution in [2.75, 3.05) is 64.8 Å². The minimum absolute atomic E-state index is 0.00937. The van der Waals surface area contributed by atoms with Gasteiger partial charge in [0.25, 0.3) is 5.91 Å². The summed E-state index contributed by atoms with van der Waals surface area (Å²) in [6.07, 6.45) is -0.0691. The number of morpholine rings is 1. The monoisotopic (exact) mass is 472 g/mol. The summed E-state index contributed by atoms with van der Waals surface area (Å²) in [4.78, 5) is 31.5. The van der Waals surface area contributed by atoms with Crippen LogP contribution in [0.15, 0.2) is 48.5 Å². The third-order valence-corrected chi connectivity index (χ3v) is 6.20. The molecule has 176 valence electrons. The predicted molar refractivity (Wildman–Crippen MR) is 127 cm³/mol. The highest BCUT2D eigenvalue weighted by Gasteiger charge is 2.29. The molecule has 1 N–H and O–H groups in total. The number of para-hydroxylation sites is 1. The van der Waals surface area contributed by atoms with E-state index in [4.69, 9.17) is 21.1 Å². The van der Waals surface area contributed by atoms with Gasteiger partial charge in [-0.25, -0.2) is 4.79 Å². The van der Waals surface area contributed by atoms with E-state index < -0.39 is 0 Å². The minimum atomic E-state index is -0.155. The van der Waals surface area contributed by atoms with Crippen molar-refractivity contribution in [1.29, 1.82) is 0 Å². The maximum atomic E-state index is 12.9. The molecule has 2 aliphatic heterocycles. The number of hydrogen-bond donors (Lipinski definition) is 1. The van der Waals surface area contributed by atoms with E-state index in [9.17, 15) is 9.59 Å². The summed E-state index contributed by atoms with van der Waals surface area (Å²) < 4.78 is 11.3. The van der Waals surface area contributed by atoms with E-state index in [0.29, 0.717) is 54.8 Å². The molecule has 1 unspecified atom stereocenters. The van der Waals surface area contributed by atoms with Crippen molar-refractivity contribution in [2.24, 2.45) is 0 Å². The lowest BCUT2D eigenvalue weighted by Crippen LogP contribution is -2.54. The number of nitrogens with zero attached hydrogens (tertiary/aromatic N) is 3. The summed E-state index contributed by atoms with van der Waals surface area (Å²) in [5.41, 5.74) is 1.26. The number of methoxy groups -OCH3 is 1. The lowest BCUT2D eigenvalue weighted by molar-refractivity contribution is -0.0338. The van der Waals surface area contributed by atoms with Crippen molar-refractivity contribution >= 4 is 29.2 Å². The quantitative estimate of drug-likeness (QED) is 0.724. The molecule has 2 aliphatic rings. The van der Waals surface area contributed by atoms with E-state index in [1.807, 2.05) is 23.1 Å². The molecule has 4 rings (SSSR count). The molecule has 0 spiro atoms. The fraction of sp³-hybridized carbons (Fsp3) is 0.417. The molecule has 2 aromatic carbocycles. The highest BCUT2D eigenvalue weighted by Crippen LogP contribution is 2.21. The lowest BCUT2D eigenvalue weighted by Gasteiger charge is -2.39. The van der Waals surface area contributed by atoms with Crippen LogP contribution in [-0.2, 0) is 4.74 Å². The molecular formula is C24H29ClN4O4. The molecule has 2 saturated heterocycles. The molecule has 0 radical (unpaired) electrons. The Balaban J connectivity index is 1.26. The third kappa shape index (κ3) is 5.96. The number of carbonyl (C=O) groups excluding carboxylic acids is 2. The van der Waals surface area contributed by atoms with E-state index in [-0.39, 0.29) is 18.0 Å². The zero-order valence-electron chi connectivity index (χ0n) is 18.7. The highest BCUT2D eigenvalue weighted by molar-refractivity contribution is 6.30. The standard InChI is InChI=1S/C24H29ClN4O4/c1-32-22-8-3-2-7-21(22)23(30)28-11-9-27(10-12-28)16-20-17-29(13-14-33-20)24(31)26-19-6-4-5-18(25)15-19/h2-8,15,20H,9-14,16-17H2,1H3,(H,26,31). The van der Waals surface area contributed by atoms with Gasteiger partial charge in [0.15, 0.2) is 0 Å². The highest BCUT2D eigenvalue weighted by atomic mass is 35.5. The number of piperazine rings is 1. The SMILES string of the molecule is COc1ccccc1C(=O)N1CCN(CC2CN(C(=O)Nc3cccc(Cl)c3)CCO2)CC1. The average Bonchev–Trinajstić information content (AvgIpc) is 2.84. The van der Waals surface area contributed by atoms with Gasteiger partial charge in [-0.2, -0.15) is 0 Å². The Morgan fingerprint density at radius 1 is 1.06 bits per heavy atom. The number of rotatable bonds is 5. The molecule has 2 aromatic rings. The molecule has 0 bridgehead atoms. The predicted octanol–water partition coefficient (Wildman–Crippen LogP) is 3.04. The van der Waals surface area contributed by atoms with Gasteiger partial charge < -0.3 is 24.6 Å². The molecule has 3 amide bonds. The molecule has 8 nitrogen and oxygen atoms in total. The van der Waals surface area contributed by atoms with Gasteiger partial charge in [0.2, 0.25) is 0 Å². The molecule has 2 heterocycles. The molecule has 0 saturated carbocycles. The van der Waals surface area contributed by atoms with Crippen LogP contribution in [0.1, 0.15) is 10.4 Å². The molecule has 9 heteroatoms. The summed E-state index contributed by atoms with van der Waals surface area (Å²) in [6, 6.07) is 14.3. The van der Waals surface area contributed by atoms with Gasteiger partial charge in [-0.3, -0.25) is 9.69 Å². The van der Waals surface area contributed by atoms with Crippen LogP contribution in [0.25, 0.3) is 0 Å². The van der Waals surface area contributed by atoms with Crippen LogP contribution in [0.2, 0.25) is 5.02 Å². The smallest absolute Gasteiger partial charge is 0.322 e. The molecule has 1 atom stereocenters. The van der Waals surface area contributed by atoms with Gasteiger partial charge in [-0.15, -0.1) is 0 Å². The molecule has 2 fully saturated rings. The number of hydrogen-bond acceptors (Lipinski definition) is 5. The van der Waals surface area contributed by atoms with Crippen LogP contribution in [-0.4, -0.2) is 92.3 Å². The zero-order chi connectivity index (χ0) is 23.2. The van der Waals surface area contributed by atoms with Gasteiger partial charge in [0.1, 0.15) is 5.75 Å². The minimum Gasteiger partial charge on any atom is -0.496 e. The van der Waals surface area contributed by atoms with E-state index in [0.717, 1.165) is 19.6 Å². The Morgan fingerprint density at radius 3 is 2.61 bits per heavy atom. The van der Waals surface area contributed by atoms with E-state index >= 15 is 0 Å². The van der Waals surface area contributed by atoms with E-state index in [2.05, 4.69) is 10.2 Å². The first-order valence-electron chi connectivity index (χ1n) is 11.1. The fourth-order valence-corrected chi connectivity index (χ4v) is 4.39. The van der Waals surface area contributed by atoms with Crippen LogP contribution in [0.3, 0.4) is 0 Å². The van der Waals surface area contributed by atoms with E-state index in [1.54, 1.807) is 42.3 Å². The summed E-state index contributed by atoms with van der Waals surface area (Å²) >= 11 is 6.00. The zero-order valence-corrected chi connectivity index (χ0v) is 19.5. The third-order valence-electron chi connectivity index (χ3n) is 5.96. The normalized spacial score (nSPS) is 19.3. The number of halogens is 1. The first kappa shape index (κ1) is 23.4. The second-order valence-electron chi connectivity index (χ2n) is 8.17. The first-order valence-corrected chi connectivity index (χ1v) is 11.5. The van der Waals surface area contributed by atoms with Crippen LogP contribution in [0, 0.1) is 0 Å². The Bertz CT molecular complexity index is 980. The summed E-state index contributed by atoms with van der Waals surface area (Å²) in [6.45, 7) is 5.09. The van der Waals surface area contributed by atoms with Gasteiger partial charge in [-0.05, 0) is 30.3 Å². The van der Waals surface area contributed by atoms with Crippen LogP contribution in [0.4, 0.5) is 10.5 Å². The number of nitrogens with one attached hydrogen (secondary N) is 1. The molecular weight excluding hydrogens is 444 g/mol. The number of amides is 3. The molecule has 33 heavy (non-hydrogen) atoms. The Kier molecular flexibility index (Phi) is 7.69. The van der Waals surface area contributed by atoms with Crippen molar-refractivity contribution in [1.82, 2.24) is 14.7 Å². The Labute approximate surface area is 199 Å². The summed E-state index contributed by atoms with van der Waals surface area (Å²) in [5, 5.41) is 3.48. The van der Waals surface area contributed by atoms with Crippen molar-refractivity contribution in [3.05, 3.63) is 59.1 Å². The number of carbonyl (C=O) groups is 2. The largest absolute Gasteiger partial charge is 0.496 e. The topological polar surface area (TPSA) is 74.4 Å². The second kappa shape index (κ2) is 10.9. The number of ether oxygens (including phenoxy) is 2. The van der Waals surface area contributed by atoms with Gasteiger partial charge in [0.05, 0.1) is 25.4 Å². The van der Waals surface area contributed by atoms with Gasteiger partial charge >= 0.3 is 6.03 Å². The fourth-order valence-electron chi connectivity index (χ4n) is 4.20. The molecule has 0 aliphatic carbocycles. The van der Waals surface area contributed by atoms with Crippen molar-refractivity contribution in [2.45, 2.75) is 6.10 Å². The average molecular weight is 473 g/mol. The van der Waals surface area contributed by atoms with Crippen molar-refractivity contribution < 1.29 is 19.1 Å². The maximum Gasteiger partial charge on any atom is 0.322 e. The second-order valence-corrected chi connectivity index (χ2v) is 8.61. The van der Waals surface area contributed by atoms with E-state index in [1.165, 1.54) is 0 Å². The first-order chi connectivity index (χ1) is 16.0. The van der Waals surface area contributed by atoms with Gasteiger partial charge in [0, 0.05) is 56.5 Å². The van der Waals surface area contributed by atoms with Crippen molar-refractivity contribution in [3.8, 4) is 5.75 Å². The summed E-state index contributed by atoms with van der Waals surface area (Å²) in [5.74, 6) is 0.585. The van der Waals surface area contributed by atoms with Crippen molar-refractivity contribution in [3.63, 3.8) is 0 Å². The lowest BCUT2D eigenvalue weighted by atomic mass is 10.1. The number of benzene rings is 2. The van der Waals surface area contributed by atoms with Gasteiger partial charge in [-0.1, -0.05) is 29.8 Å². The van der Waals surface area contributed by atoms with Crippen LogP contribution < -0.4 is 10.1 Å². The summed E-state index contributed by atoms with van der Waals surface area (Å²) in [7, 11) is 1.58.